The summed E-state index contributed by atoms with van der Waals surface area (Å²) < 4.78 is 0. The molecule has 2 rings (SSSR count). The molecule has 0 aliphatic carbocycles. The second-order valence-electron chi connectivity index (χ2n) is 3.80. The van der Waals surface area contributed by atoms with Gasteiger partial charge in [0.05, 0.1) is 9.90 Å². The molecule has 0 saturated heterocycles. The lowest BCUT2D eigenvalue weighted by Gasteiger charge is -2.02. The van der Waals surface area contributed by atoms with Gasteiger partial charge in [0, 0.05) is 18.4 Å². The highest BCUT2D eigenvalue weighted by Gasteiger charge is 2.13. The minimum absolute atomic E-state index is 0.00500. The molecule has 0 N–H and O–H groups in total. The van der Waals surface area contributed by atoms with E-state index in [9.17, 15) is 9.59 Å². The number of benzene rings is 1. The van der Waals surface area contributed by atoms with Crippen LogP contribution in [-0.2, 0) is 0 Å². The number of hydrogen-bond donors (Lipinski definition) is 0. The van der Waals surface area contributed by atoms with Gasteiger partial charge in [0.15, 0.2) is 11.6 Å². The Morgan fingerprint density at radius 2 is 1.72 bits per heavy atom. The number of thiophene rings is 1. The van der Waals surface area contributed by atoms with Crippen LogP contribution < -0.4 is 0 Å². The van der Waals surface area contributed by atoms with Gasteiger partial charge in [-0.25, -0.2) is 0 Å². The summed E-state index contributed by atoms with van der Waals surface area (Å²) in [5.74, 6) is -0.0871. The highest BCUT2D eigenvalue weighted by molar-refractivity contribution is 7.12. The molecule has 0 aliphatic heterocycles. The van der Waals surface area contributed by atoms with Crippen LogP contribution in [-0.4, -0.2) is 11.6 Å². The van der Waals surface area contributed by atoms with E-state index in [2.05, 4.69) is 0 Å². The molecule has 2 aromatic rings. The van der Waals surface area contributed by atoms with Gasteiger partial charge in [-0.15, -0.1) is 11.3 Å². The van der Waals surface area contributed by atoms with Gasteiger partial charge >= 0.3 is 0 Å². The van der Waals surface area contributed by atoms with Crippen molar-refractivity contribution in [3.8, 4) is 0 Å². The van der Waals surface area contributed by atoms with E-state index in [1.807, 2.05) is 11.4 Å². The van der Waals surface area contributed by atoms with Crippen LogP contribution in [0.25, 0.3) is 0 Å². The van der Waals surface area contributed by atoms with Crippen molar-refractivity contribution in [3.05, 3.63) is 57.2 Å². The van der Waals surface area contributed by atoms with E-state index in [0.717, 1.165) is 0 Å². The Kier molecular flexibility index (Phi) is 4.28. The van der Waals surface area contributed by atoms with Crippen molar-refractivity contribution in [2.24, 2.45) is 0 Å². The summed E-state index contributed by atoms with van der Waals surface area (Å²) in [6, 6.07) is 10.5. The third-order valence-electron chi connectivity index (χ3n) is 2.55. The maximum Gasteiger partial charge on any atom is 0.173 e. The molecule has 1 aromatic carbocycles. The fourth-order valence-electron chi connectivity index (χ4n) is 1.61. The van der Waals surface area contributed by atoms with Gasteiger partial charge in [-0.1, -0.05) is 29.8 Å². The molecule has 0 atom stereocenters. The first kappa shape index (κ1) is 13.0. The number of rotatable bonds is 5. The van der Waals surface area contributed by atoms with E-state index < -0.39 is 0 Å². The zero-order valence-corrected chi connectivity index (χ0v) is 11.1. The van der Waals surface area contributed by atoms with Crippen LogP contribution in [0.5, 0.6) is 0 Å². The second kappa shape index (κ2) is 5.94. The molecule has 18 heavy (non-hydrogen) atoms. The molecule has 0 bridgehead atoms. The van der Waals surface area contributed by atoms with Crippen LogP contribution >= 0.6 is 22.9 Å². The Labute approximate surface area is 114 Å². The van der Waals surface area contributed by atoms with E-state index in [-0.39, 0.29) is 24.4 Å². The van der Waals surface area contributed by atoms with Gasteiger partial charge in [-0.3, -0.25) is 9.59 Å². The number of ketones is 2. The average Bonchev–Trinajstić information content (AvgIpc) is 2.90. The lowest BCUT2D eigenvalue weighted by atomic mass is 10.0. The number of carbonyl (C=O) groups is 2. The van der Waals surface area contributed by atoms with Crippen LogP contribution in [0.2, 0.25) is 5.02 Å². The minimum Gasteiger partial charge on any atom is -0.294 e. The van der Waals surface area contributed by atoms with Crippen molar-refractivity contribution in [3.63, 3.8) is 0 Å². The zero-order chi connectivity index (χ0) is 13.0. The SMILES string of the molecule is O=C(CCC(=O)c1ccccc1Cl)c1cccs1. The first-order valence-electron chi connectivity index (χ1n) is 5.53. The second-order valence-corrected chi connectivity index (χ2v) is 5.16. The summed E-state index contributed by atoms with van der Waals surface area (Å²) in [5, 5.41) is 2.29. The molecule has 0 spiro atoms. The maximum absolute atomic E-state index is 11.9. The monoisotopic (exact) mass is 278 g/mol. The average molecular weight is 279 g/mol. The molecule has 0 fully saturated rings. The molecule has 4 heteroatoms. The van der Waals surface area contributed by atoms with E-state index in [0.29, 0.717) is 15.5 Å². The number of Topliss-reactive ketones (excluding diaryl/α,β-unsaturated/α-hetero) is 2. The first-order chi connectivity index (χ1) is 8.68. The van der Waals surface area contributed by atoms with Gasteiger partial charge in [0.1, 0.15) is 0 Å². The number of hydrogen-bond acceptors (Lipinski definition) is 3. The van der Waals surface area contributed by atoms with E-state index >= 15 is 0 Å². The standard InChI is InChI=1S/C14H11ClO2S/c15-11-5-2-1-4-10(11)12(16)7-8-13(17)14-6-3-9-18-14/h1-6,9H,7-8H2. The lowest BCUT2D eigenvalue weighted by Crippen LogP contribution is -2.04. The molecular formula is C14H11ClO2S. The zero-order valence-electron chi connectivity index (χ0n) is 9.56. The van der Waals surface area contributed by atoms with Crippen molar-refractivity contribution >= 4 is 34.5 Å². The molecule has 2 nitrogen and oxygen atoms in total. The molecule has 1 aromatic heterocycles. The van der Waals surface area contributed by atoms with E-state index in [1.165, 1.54) is 11.3 Å². The van der Waals surface area contributed by atoms with Crippen molar-refractivity contribution < 1.29 is 9.59 Å². The van der Waals surface area contributed by atoms with Crippen molar-refractivity contribution in [1.29, 1.82) is 0 Å². The van der Waals surface area contributed by atoms with Gasteiger partial charge in [0.2, 0.25) is 0 Å². The predicted octanol–water partition coefficient (Wildman–Crippen LogP) is 4.25. The molecular weight excluding hydrogens is 268 g/mol. The molecule has 92 valence electrons. The first-order valence-corrected chi connectivity index (χ1v) is 6.78. The Hall–Kier alpha value is -1.45. The molecule has 0 unspecified atom stereocenters. The molecule has 0 saturated carbocycles. The molecule has 0 amide bonds. The van der Waals surface area contributed by atoms with E-state index in [1.54, 1.807) is 30.3 Å². The smallest absolute Gasteiger partial charge is 0.173 e. The maximum atomic E-state index is 11.9. The Balaban J connectivity index is 1.97. The van der Waals surface area contributed by atoms with Crippen molar-refractivity contribution in [2.45, 2.75) is 12.8 Å². The molecule has 1 heterocycles. The Morgan fingerprint density at radius 3 is 2.39 bits per heavy atom. The Morgan fingerprint density at radius 1 is 1.00 bits per heavy atom. The predicted molar refractivity (Wildman–Crippen MR) is 73.7 cm³/mol. The Bertz CT molecular complexity index is 561. The van der Waals surface area contributed by atoms with Gasteiger partial charge in [-0.2, -0.15) is 0 Å². The largest absolute Gasteiger partial charge is 0.294 e. The van der Waals surface area contributed by atoms with Crippen LogP contribution in [0.15, 0.2) is 41.8 Å². The highest BCUT2D eigenvalue weighted by atomic mass is 35.5. The van der Waals surface area contributed by atoms with Crippen molar-refractivity contribution in [2.75, 3.05) is 0 Å². The van der Waals surface area contributed by atoms with Crippen molar-refractivity contribution in [1.82, 2.24) is 0 Å². The van der Waals surface area contributed by atoms with Gasteiger partial charge in [0.25, 0.3) is 0 Å². The minimum atomic E-state index is -0.0921. The fraction of sp³-hybridized carbons (Fsp3) is 0.143. The summed E-state index contributed by atoms with van der Waals surface area (Å²) in [5.41, 5.74) is 0.484. The normalized spacial score (nSPS) is 10.3. The fourth-order valence-corrected chi connectivity index (χ4v) is 2.55. The molecule has 0 radical (unpaired) electrons. The van der Waals surface area contributed by atoms with E-state index in [4.69, 9.17) is 11.6 Å². The van der Waals surface area contributed by atoms with Crippen LogP contribution in [0.1, 0.15) is 32.9 Å². The van der Waals surface area contributed by atoms with Gasteiger partial charge < -0.3 is 0 Å². The topological polar surface area (TPSA) is 34.1 Å². The summed E-state index contributed by atoms with van der Waals surface area (Å²) >= 11 is 7.33. The summed E-state index contributed by atoms with van der Waals surface area (Å²) in [7, 11) is 0. The quantitative estimate of drug-likeness (QED) is 0.766. The number of carbonyl (C=O) groups excluding carboxylic acids is 2. The summed E-state index contributed by atoms with van der Waals surface area (Å²) in [6.45, 7) is 0. The lowest BCUT2D eigenvalue weighted by molar-refractivity contribution is 0.0919. The van der Waals surface area contributed by atoms with Gasteiger partial charge in [-0.05, 0) is 23.6 Å². The third-order valence-corrected chi connectivity index (χ3v) is 3.79. The summed E-state index contributed by atoms with van der Waals surface area (Å²) in [4.78, 5) is 24.4. The van der Waals surface area contributed by atoms with Crippen LogP contribution in [0.3, 0.4) is 0 Å². The third kappa shape index (κ3) is 3.06. The highest BCUT2D eigenvalue weighted by Crippen LogP contribution is 2.19. The molecule has 0 aliphatic rings. The number of halogens is 1. The van der Waals surface area contributed by atoms with Crippen LogP contribution in [0.4, 0.5) is 0 Å². The van der Waals surface area contributed by atoms with Crippen LogP contribution in [0, 0.1) is 0 Å². The summed E-state index contributed by atoms with van der Waals surface area (Å²) in [6.07, 6.45) is 0.422.